The lowest BCUT2D eigenvalue weighted by Crippen LogP contribution is -2.57. The molecule has 0 spiro atoms. The third-order valence-electron chi connectivity index (χ3n) is 5.09. The summed E-state index contributed by atoms with van der Waals surface area (Å²) in [6.45, 7) is 4.60. The highest BCUT2D eigenvalue weighted by Crippen LogP contribution is 2.20. The Balaban J connectivity index is 1.70. The summed E-state index contributed by atoms with van der Waals surface area (Å²) < 4.78 is 23.8. The number of hydrogen-bond acceptors (Lipinski definition) is 5. The number of sulfone groups is 1. The van der Waals surface area contributed by atoms with Gasteiger partial charge in [-0.25, -0.2) is 8.42 Å². The van der Waals surface area contributed by atoms with E-state index in [9.17, 15) is 18.0 Å². The molecule has 1 unspecified atom stereocenters. The van der Waals surface area contributed by atoms with Crippen molar-refractivity contribution in [3.63, 3.8) is 0 Å². The van der Waals surface area contributed by atoms with E-state index in [-0.39, 0.29) is 28.5 Å². The molecule has 0 radical (unpaired) electrons. The Morgan fingerprint density at radius 1 is 1.23 bits per heavy atom. The van der Waals surface area contributed by atoms with Crippen molar-refractivity contribution in [3.05, 3.63) is 29.8 Å². The van der Waals surface area contributed by atoms with Gasteiger partial charge in [0.1, 0.15) is 0 Å². The van der Waals surface area contributed by atoms with Gasteiger partial charge in [0, 0.05) is 37.8 Å². The van der Waals surface area contributed by atoms with Gasteiger partial charge < -0.3 is 15.1 Å². The highest BCUT2D eigenvalue weighted by molar-refractivity contribution is 7.91. The monoisotopic (exact) mass is 379 g/mol. The van der Waals surface area contributed by atoms with Crippen LogP contribution in [0.2, 0.25) is 0 Å². The summed E-state index contributed by atoms with van der Waals surface area (Å²) >= 11 is 0. The van der Waals surface area contributed by atoms with Gasteiger partial charge in [0.15, 0.2) is 9.84 Å². The Morgan fingerprint density at radius 2 is 1.96 bits per heavy atom. The molecule has 8 heteroatoms. The minimum absolute atomic E-state index is 0.0345. The third-order valence-corrected chi connectivity index (χ3v) is 6.84. The maximum Gasteiger partial charge on any atom is 0.253 e. The maximum atomic E-state index is 12.8. The topological polar surface area (TPSA) is 86.8 Å². The molecule has 0 aliphatic carbocycles. The van der Waals surface area contributed by atoms with Crippen LogP contribution in [0.3, 0.4) is 0 Å². The third kappa shape index (κ3) is 3.91. The highest BCUT2D eigenvalue weighted by atomic mass is 32.2. The Kier molecular flexibility index (Phi) is 5.62. The van der Waals surface area contributed by atoms with Gasteiger partial charge in [-0.3, -0.25) is 9.59 Å². The molecule has 2 aliphatic rings. The average molecular weight is 379 g/mol. The molecule has 1 atom stereocenters. The van der Waals surface area contributed by atoms with E-state index >= 15 is 0 Å². The average Bonchev–Trinajstić information content (AvgIpc) is 2.68. The first-order chi connectivity index (χ1) is 12.4. The van der Waals surface area contributed by atoms with Crippen molar-refractivity contribution in [3.8, 4) is 0 Å². The summed E-state index contributed by atoms with van der Waals surface area (Å²) in [5.74, 6) is 0.00899. The van der Waals surface area contributed by atoms with Crippen molar-refractivity contribution in [2.24, 2.45) is 0 Å². The highest BCUT2D eigenvalue weighted by Gasteiger charge is 2.32. The van der Waals surface area contributed by atoms with Crippen LogP contribution in [0.4, 0.5) is 0 Å². The zero-order valence-corrected chi connectivity index (χ0v) is 15.8. The van der Waals surface area contributed by atoms with Crippen LogP contribution in [0.1, 0.15) is 30.1 Å². The number of carbonyl (C=O) groups excluding carboxylic acids is 2. The minimum atomic E-state index is -3.27. The summed E-state index contributed by atoms with van der Waals surface area (Å²) in [7, 11) is -3.27. The Labute approximate surface area is 154 Å². The first-order valence-corrected chi connectivity index (χ1v) is 10.7. The van der Waals surface area contributed by atoms with E-state index in [0.717, 1.165) is 19.4 Å². The molecular formula is C18H25N3O4S. The van der Waals surface area contributed by atoms with Crippen LogP contribution in [0, 0.1) is 0 Å². The quantitative estimate of drug-likeness (QED) is 0.824. The molecule has 26 heavy (non-hydrogen) atoms. The molecule has 1 aromatic rings. The maximum absolute atomic E-state index is 12.8. The molecule has 2 aliphatic heterocycles. The summed E-state index contributed by atoms with van der Waals surface area (Å²) in [4.78, 5) is 28.8. The van der Waals surface area contributed by atoms with Crippen LogP contribution >= 0.6 is 0 Å². The fourth-order valence-corrected chi connectivity index (χ4v) is 4.44. The summed E-state index contributed by atoms with van der Waals surface area (Å²) in [5.41, 5.74) is 0.479. The van der Waals surface area contributed by atoms with E-state index < -0.39 is 9.84 Å². The van der Waals surface area contributed by atoms with Gasteiger partial charge in [-0.2, -0.15) is 0 Å². The normalized spacial score (nSPS) is 21.7. The van der Waals surface area contributed by atoms with Crippen molar-refractivity contribution in [1.82, 2.24) is 15.1 Å². The van der Waals surface area contributed by atoms with Gasteiger partial charge in [0.25, 0.3) is 5.91 Å². The van der Waals surface area contributed by atoms with E-state index in [2.05, 4.69) is 5.32 Å². The molecule has 0 saturated carbocycles. The smallest absolute Gasteiger partial charge is 0.253 e. The molecule has 2 amide bonds. The molecule has 2 fully saturated rings. The molecule has 0 bridgehead atoms. The van der Waals surface area contributed by atoms with E-state index in [1.165, 1.54) is 12.1 Å². The zero-order chi connectivity index (χ0) is 18.7. The van der Waals surface area contributed by atoms with Gasteiger partial charge in [0.05, 0.1) is 17.2 Å². The molecule has 142 valence electrons. The van der Waals surface area contributed by atoms with Crippen LogP contribution in [0.25, 0.3) is 0 Å². The molecule has 1 aromatic carbocycles. The van der Waals surface area contributed by atoms with Gasteiger partial charge >= 0.3 is 0 Å². The number of amides is 2. The Hall–Kier alpha value is -1.93. The van der Waals surface area contributed by atoms with E-state index in [1.54, 1.807) is 24.0 Å². The van der Waals surface area contributed by atoms with Gasteiger partial charge in [-0.05, 0) is 37.1 Å². The molecule has 7 nitrogen and oxygen atoms in total. The summed E-state index contributed by atoms with van der Waals surface area (Å²) in [6, 6.07) is 6.19. The van der Waals surface area contributed by atoms with Crippen molar-refractivity contribution >= 4 is 21.7 Å². The predicted molar refractivity (Wildman–Crippen MR) is 97.7 cm³/mol. The van der Waals surface area contributed by atoms with Crippen LogP contribution in [0.15, 0.2) is 29.2 Å². The number of rotatable bonds is 4. The number of piperazine rings is 1. The van der Waals surface area contributed by atoms with Crippen LogP contribution in [0.5, 0.6) is 0 Å². The van der Waals surface area contributed by atoms with Gasteiger partial charge in [-0.15, -0.1) is 0 Å². The number of nitrogens with one attached hydrogen (secondary N) is 1. The first kappa shape index (κ1) is 18.8. The van der Waals surface area contributed by atoms with E-state index in [1.807, 2.05) is 4.90 Å². The van der Waals surface area contributed by atoms with Gasteiger partial charge in [0.2, 0.25) is 5.91 Å². The molecule has 3 rings (SSSR count). The largest absolute Gasteiger partial charge is 0.337 e. The lowest BCUT2D eigenvalue weighted by molar-refractivity contribution is -0.135. The molecule has 2 heterocycles. The van der Waals surface area contributed by atoms with Crippen LogP contribution in [-0.2, 0) is 14.6 Å². The van der Waals surface area contributed by atoms with Crippen molar-refractivity contribution < 1.29 is 18.0 Å². The molecular weight excluding hydrogens is 354 g/mol. The number of hydrogen-bond donors (Lipinski definition) is 1. The zero-order valence-electron chi connectivity index (χ0n) is 15.0. The van der Waals surface area contributed by atoms with E-state index in [0.29, 0.717) is 31.7 Å². The molecule has 2 saturated heterocycles. The van der Waals surface area contributed by atoms with Crippen LogP contribution < -0.4 is 5.32 Å². The van der Waals surface area contributed by atoms with Crippen molar-refractivity contribution in [2.45, 2.75) is 30.7 Å². The molecule has 0 aromatic heterocycles. The lowest BCUT2D eigenvalue weighted by Gasteiger charge is -2.41. The van der Waals surface area contributed by atoms with Crippen molar-refractivity contribution in [2.75, 3.05) is 38.5 Å². The first-order valence-electron chi connectivity index (χ1n) is 9.04. The lowest BCUT2D eigenvalue weighted by atomic mass is 10.0. The van der Waals surface area contributed by atoms with Gasteiger partial charge in [-0.1, -0.05) is 6.92 Å². The standard InChI is InChI=1S/C18H25N3O4S/c1-2-26(24,25)16-7-5-14(6-8-16)18(23)20-10-3-4-15(13-20)21-11-9-19-12-17(21)22/h5-8,15,19H,2-4,9-13H2,1H3. The fraction of sp³-hybridized carbons (Fsp3) is 0.556. The second-order valence-corrected chi connectivity index (χ2v) is 9.02. The van der Waals surface area contributed by atoms with Crippen molar-refractivity contribution in [1.29, 1.82) is 0 Å². The predicted octanol–water partition coefficient (Wildman–Crippen LogP) is 0.517. The summed E-state index contributed by atoms with van der Waals surface area (Å²) in [6.07, 6.45) is 1.76. The second kappa shape index (κ2) is 7.75. The SMILES string of the molecule is CCS(=O)(=O)c1ccc(C(=O)N2CCCC(N3CCNCC3=O)C2)cc1. The number of likely N-dealkylation sites (tertiary alicyclic amines) is 1. The minimum Gasteiger partial charge on any atom is -0.337 e. The number of piperidine rings is 1. The number of benzene rings is 1. The second-order valence-electron chi connectivity index (χ2n) is 6.74. The van der Waals surface area contributed by atoms with E-state index in [4.69, 9.17) is 0 Å². The Bertz CT molecular complexity index is 776. The molecule has 1 N–H and O–H groups in total. The van der Waals surface area contributed by atoms with Crippen LogP contribution in [-0.4, -0.2) is 74.6 Å². The number of nitrogens with zero attached hydrogens (tertiary/aromatic N) is 2. The Morgan fingerprint density at radius 3 is 2.62 bits per heavy atom. The number of carbonyl (C=O) groups is 2. The summed E-state index contributed by atoms with van der Waals surface area (Å²) in [5, 5.41) is 3.06. The fourth-order valence-electron chi connectivity index (χ4n) is 3.55.